The van der Waals surface area contributed by atoms with Crippen LogP contribution in [-0.4, -0.2) is 4.98 Å². The minimum Gasteiger partial charge on any atom is -0.354 e. The molecule has 0 spiro atoms. The van der Waals surface area contributed by atoms with E-state index in [1.807, 2.05) is 0 Å². The van der Waals surface area contributed by atoms with Gasteiger partial charge in [0.2, 0.25) is 0 Å². The third-order valence-electron chi connectivity index (χ3n) is 3.39. The lowest BCUT2D eigenvalue weighted by Crippen LogP contribution is -1.73. The molecule has 0 saturated heterocycles. The van der Waals surface area contributed by atoms with Gasteiger partial charge in [-0.1, -0.05) is 48.5 Å². The largest absolute Gasteiger partial charge is 0.354 e. The molecule has 0 atom stereocenters. The summed E-state index contributed by atoms with van der Waals surface area (Å²) in [7, 11) is 0. The third-order valence-corrected chi connectivity index (χ3v) is 3.39. The van der Waals surface area contributed by atoms with Gasteiger partial charge < -0.3 is 4.98 Å². The van der Waals surface area contributed by atoms with Gasteiger partial charge in [-0.15, -0.1) is 0 Å². The van der Waals surface area contributed by atoms with Crippen LogP contribution in [-0.2, 0) is 0 Å². The number of fused-ring (bicyclic) bond motifs is 5. The van der Waals surface area contributed by atoms with Gasteiger partial charge in [0.05, 0.1) is 0 Å². The van der Waals surface area contributed by atoms with Crippen molar-refractivity contribution in [2.75, 3.05) is 0 Å². The molecule has 0 bridgehead atoms. The molecule has 4 rings (SSSR count). The Bertz CT molecular complexity index is 834. The first kappa shape index (κ1) is 8.82. The molecule has 4 aromatic rings. The summed E-state index contributed by atoms with van der Waals surface area (Å²) in [5.74, 6) is 0. The van der Waals surface area contributed by atoms with Gasteiger partial charge in [-0.2, -0.15) is 0 Å². The van der Waals surface area contributed by atoms with Crippen LogP contribution in [0, 0.1) is 0 Å². The maximum Gasteiger partial charge on any atom is 0.0471 e. The number of hydrogen-bond acceptors (Lipinski definition) is 0. The minimum atomic E-state index is 1.21. The number of rotatable bonds is 0. The summed E-state index contributed by atoms with van der Waals surface area (Å²) < 4.78 is 0. The van der Waals surface area contributed by atoms with Crippen LogP contribution in [0.1, 0.15) is 0 Å². The molecule has 0 fully saturated rings. The van der Waals surface area contributed by atoms with Crippen LogP contribution in [0.25, 0.3) is 32.6 Å². The molecule has 1 N–H and O–H groups in total. The van der Waals surface area contributed by atoms with E-state index in [9.17, 15) is 0 Å². The van der Waals surface area contributed by atoms with E-state index < -0.39 is 0 Å². The first-order chi connectivity index (χ1) is 8.43. The molecule has 0 unspecified atom stereocenters. The maximum atomic E-state index is 3.47. The fraction of sp³-hybridized carbons (Fsp3) is 0. The van der Waals surface area contributed by atoms with E-state index in [-0.39, 0.29) is 0 Å². The summed E-state index contributed by atoms with van der Waals surface area (Å²) in [6.07, 6.45) is 0. The molecule has 3 aromatic carbocycles. The number of para-hydroxylation sites is 1. The summed E-state index contributed by atoms with van der Waals surface area (Å²) in [4.78, 5) is 3.47. The number of hydrogen-bond donors (Lipinski definition) is 1. The van der Waals surface area contributed by atoms with E-state index in [2.05, 4.69) is 65.6 Å². The van der Waals surface area contributed by atoms with E-state index in [1.54, 1.807) is 0 Å². The Morgan fingerprint density at radius 1 is 0.588 bits per heavy atom. The zero-order valence-electron chi connectivity index (χ0n) is 9.27. The first-order valence-corrected chi connectivity index (χ1v) is 5.82. The van der Waals surface area contributed by atoms with Crippen molar-refractivity contribution in [1.29, 1.82) is 0 Å². The molecule has 0 saturated carbocycles. The van der Waals surface area contributed by atoms with Gasteiger partial charge in [0.1, 0.15) is 0 Å². The van der Waals surface area contributed by atoms with Crippen LogP contribution in [0.3, 0.4) is 0 Å². The SMILES string of the molecule is c1ccc2c(c1)ccc1[nH]c3ccccc3c12. The van der Waals surface area contributed by atoms with Crippen molar-refractivity contribution in [2.45, 2.75) is 0 Å². The molecular formula is C16H11N. The van der Waals surface area contributed by atoms with Crippen molar-refractivity contribution in [3.05, 3.63) is 60.7 Å². The van der Waals surface area contributed by atoms with Crippen molar-refractivity contribution < 1.29 is 0 Å². The van der Waals surface area contributed by atoms with Crippen molar-refractivity contribution in [2.24, 2.45) is 0 Å². The molecule has 1 heterocycles. The Morgan fingerprint density at radius 2 is 1.35 bits per heavy atom. The van der Waals surface area contributed by atoms with Gasteiger partial charge in [-0.3, -0.25) is 0 Å². The highest BCUT2D eigenvalue weighted by molar-refractivity contribution is 6.20. The van der Waals surface area contributed by atoms with Gasteiger partial charge >= 0.3 is 0 Å². The molecule has 0 aliphatic rings. The predicted molar refractivity (Wildman–Crippen MR) is 73.3 cm³/mol. The van der Waals surface area contributed by atoms with Crippen LogP contribution >= 0.6 is 0 Å². The highest BCUT2D eigenvalue weighted by Gasteiger charge is 2.06. The molecule has 1 nitrogen and oxygen atoms in total. The van der Waals surface area contributed by atoms with Crippen molar-refractivity contribution >= 4 is 32.6 Å². The molecule has 17 heavy (non-hydrogen) atoms. The highest BCUT2D eigenvalue weighted by atomic mass is 14.7. The van der Waals surface area contributed by atoms with Gasteiger partial charge in [0, 0.05) is 21.8 Å². The number of benzene rings is 3. The van der Waals surface area contributed by atoms with Gasteiger partial charge in [0.15, 0.2) is 0 Å². The van der Waals surface area contributed by atoms with Crippen molar-refractivity contribution in [1.82, 2.24) is 4.98 Å². The lowest BCUT2D eigenvalue weighted by atomic mass is 10.0. The fourth-order valence-electron chi connectivity index (χ4n) is 2.62. The molecule has 1 heteroatoms. The summed E-state index contributed by atoms with van der Waals surface area (Å²) in [6.45, 7) is 0. The van der Waals surface area contributed by atoms with Crippen molar-refractivity contribution in [3.8, 4) is 0 Å². The molecule has 0 aliphatic carbocycles. The lowest BCUT2D eigenvalue weighted by molar-refractivity contribution is 1.55. The Labute approximate surface area is 98.7 Å². The quantitative estimate of drug-likeness (QED) is 0.447. The van der Waals surface area contributed by atoms with E-state index in [1.165, 1.54) is 32.6 Å². The molecule has 0 aliphatic heterocycles. The normalized spacial score (nSPS) is 11.5. The highest BCUT2D eigenvalue weighted by Crippen LogP contribution is 2.31. The number of aromatic amines is 1. The van der Waals surface area contributed by atoms with Crippen molar-refractivity contribution in [3.63, 3.8) is 0 Å². The van der Waals surface area contributed by atoms with Crippen LogP contribution in [0.15, 0.2) is 60.7 Å². The van der Waals surface area contributed by atoms with Crippen LogP contribution in [0.5, 0.6) is 0 Å². The minimum absolute atomic E-state index is 1.21. The van der Waals surface area contributed by atoms with E-state index in [0.29, 0.717) is 0 Å². The third kappa shape index (κ3) is 1.14. The van der Waals surface area contributed by atoms with E-state index >= 15 is 0 Å². The predicted octanol–water partition coefficient (Wildman–Crippen LogP) is 4.47. The second-order valence-electron chi connectivity index (χ2n) is 4.38. The number of aromatic nitrogens is 1. The van der Waals surface area contributed by atoms with E-state index in [4.69, 9.17) is 0 Å². The average Bonchev–Trinajstić information content (AvgIpc) is 2.77. The van der Waals surface area contributed by atoms with Gasteiger partial charge in [-0.25, -0.2) is 0 Å². The van der Waals surface area contributed by atoms with Gasteiger partial charge in [0.25, 0.3) is 0 Å². The summed E-state index contributed by atoms with van der Waals surface area (Å²) in [6, 6.07) is 21.4. The molecule has 0 amide bonds. The Kier molecular flexibility index (Phi) is 1.61. The van der Waals surface area contributed by atoms with Crippen LogP contribution < -0.4 is 0 Å². The Hall–Kier alpha value is -2.28. The standard InChI is InChI=1S/C16H11N/c1-2-6-12-11(5-1)9-10-15-16(12)13-7-3-4-8-14(13)17-15/h1-10,17H. The topological polar surface area (TPSA) is 15.8 Å². The average molecular weight is 217 g/mol. The monoisotopic (exact) mass is 217 g/mol. The smallest absolute Gasteiger partial charge is 0.0471 e. The maximum absolute atomic E-state index is 3.47. The Morgan fingerprint density at radius 3 is 2.29 bits per heavy atom. The molecule has 1 aromatic heterocycles. The number of nitrogens with one attached hydrogen (secondary N) is 1. The zero-order valence-corrected chi connectivity index (χ0v) is 9.27. The molecule has 80 valence electrons. The number of H-pyrrole nitrogens is 1. The Balaban J connectivity index is 2.38. The second kappa shape index (κ2) is 3.11. The fourth-order valence-corrected chi connectivity index (χ4v) is 2.62. The molecule has 0 radical (unpaired) electrons. The lowest BCUT2D eigenvalue weighted by Gasteiger charge is -1.99. The van der Waals surface area contributed by atoms with Crippen LogP contribution in [0.4, 0.5) is 0 Å². The second-order valence-corrected chi connectivity index (χ2v) is 4.38. The summed E-state index contributed by atoms with van der Waals surface area (Å²) >= 11 is 0. The summed E-state index contributed by atoms with van der Waals surface area (Å²) in [5.41, 5.74) is 2.42. The summed E-state index contributed by atoms with van der Waals surface area (Å²) in [5, 5.41) is 5.25. The first-order valence-electron chi connectivity index (χ1n) is 5.82. The van der Waals surface area contributed by atoms with E-state index in [0.717, 1.165) is 0 Å². The van der Waals surface area contributed by atoms with Gasteiger partial charge in [-0.05, 0) is 22.9 Å². The van der Waals surface area contributed by atoms with Crippen LogP contribution in [0.2, 0.25) is 0 Å². The molecular weight excluding hydrogens is 206 g/mol. The zero-order chi connectivity index (χ0) is 11.2.